The van der Waals surface area contributed by atoms with E-state index in [1.807, 2.05) is 35.8 Å². The fourth-order valence-corrected chi connectivity index (χ4v) is 3.04. The molecule has 5 heteroatoms. The second-order valence-corrected chi connectivity index (χ2v) is 6.10. The van der Waals surface area contributed by atoms with Gasteiger partial charge < -0.3 is 9.72 Å². The quantitative estimate of drug-likeness (QED) is 0.548. The highest BCUT2D eigenvalue weighted by Crippen LogP contribution is 2.23. The summed E-state index contributed by atoms with van der Waals surface area (Å²) < 4.78 is 5.26. The van der Waals surface area contributed by atoms with Gasteiger partial charge in [-0.25, -0.2) is 4.79 Å². The molecule has 2 heterocycles. The molecule has 0 aliphatic rings. The molecule has 3 aromatic rings. The largest absolute Gasteiger partial charge is 0.461 e. The molecule has 0 aliphatic carbocycles. The number of rotatable bonds is 5. The van der Waals surface area contributed by atoms with Crippen molar-refractivity contribution in [3.05, 3.63) is 57.4 Å². The Labute approximate surface area is 131 Å². The molecular formula is C16H14ClNO2S. The summed E-state index contributed by atoms with van der Waals surface area (Å²) >= 11 is 7.42. The van der Waals surface area contributed by atoms with E-state index in [4.69, 9.17) is 16.3 Å². The lowest BCUT2D eigenvalue weighted by molar-refractivity contribution is 0.0506. The number of carbonyl (C=O) groups excluding carboxylic acids is 1. The molecule has 0 bridgehead atoms. The molecule has 3 nitrogen and oxygen atoms in total. The van der Waals surface area contributed by atoms with Crippen molar-refractivity contribution in [2.75, 3.05) is 6.61 Å². The van der Waals surface area contributed by atoms with Crippen LogP contribution in [0.5, 0.6) is 0 Å². The molecule has 108 valence electrons. The van der Waals surface area contributed by atoms with Crippen LogP contribution in [0.4, 0.5) is 0 Å². The van der Waals surface area contributed by atoms with Crippen LogP contribution in [0.25, 0.3) is 10.9 Å². The molecule has 1 aromatic carbocycles. The highest BCUT2D eigenvalue weighted by Gasteiger charge is 2.08. The van der Waals surface area contributed by atoms with Gasteiger partial charge in [0.15, 0.2) is 0 Å². The zero-order chi connectivity index (χ0) is 14.7. The third-order valence-electron chi connectivity index (χ3n) is 3.28. The molecule has 0 aliphatic heterocycles. The molecule has 21 heavy (non-hydrogen) atoms. The Balaban J connectivity index is 1.55. The average molecular weight is 320 g/mol. The van der Waals surface area contributed by atoms with Crippen LogP contribution in [-0.2, 0) is 11.2 Å². The lowest BCUT2D eigenvalue weighted by atomic mass is 10.1. The third-order valence-corrected chi connectivity index (χ3v) is 4.36. The Morgan fingerprint density at radius 2 is 2.24 bits per heavy atom. The Hall–Kier alpha value is -1.78. The third kappa shape index (κ3) is 3.28. The standard InChI is InChI=1S/C16H14ClNO2S/c17-12-5-6-14-13(9-12)11(10-18-14)3-1-7-20-16(19)15-4-2-8-21-15/h2,4-6,8-10,18H,1,3,7H2. The summed E-state index contributed by atoms with van der Waals surface area (Å²) in [6, 6.07) is 9.41. The van der Waals surface area contributed by atoms with Crippen molar-refractivity contribution in [1.29, 1.82) is 0 Å². The lowest BCUT2D eigenvalue weighted by Gasteiger charge is -2.03. The number of thiophene rings is 1. The van der Waals surface area contributed by atoms with E-state index in [-0.39, 0.29) is 5.97 Å². The van der Waals surface area contributed by atoms with E-state index in [0.717, 1.165) is 28.8 Å². The highest BCUT2D eigenvalue weighted by atomic mass is 35.5. The van der Waals surface area contributed by atoms with Crippen LogP contribution in [0.15, 0.2) is 41.9 Å². The lowest BCUT2D eigenvalue weighted by Crippen LogP contribution is -2.05. The molecule has 0 saturated carbocycles. The molecule has 0 unspecified atom stereocenters. The molecule has 2 aromatic heterocycles. The maximum absolute atomic E-state index is 11.7. The van der Waals surface area contributed by atoms with E-state index in [9.17, 15) is 4.79 Å². The van der Waals surface area contributed by atoms with E-state index < -0.39 is 0 Å². The number of aromatic nitrogens is 1. The van der Waals surface area contributed by atoms with Crippen LogP contribution in [0.2, 0.25) is 5.02 Å². The average Bonchev–Trinajstić information content (AvgIpc) is 3.13. The van der Waals surface area contributed by atoms with Crippen molar-refractivity contribution in [2.24, 2.45) is 0 Å². The first kappa shape index (κ1) is 14.2. The summed E-state index contributed by atoms with van der Waals surface area (Å²) in [6.45, 7) is 0.421. The summed E-state index contributed by atoms with van der Waals surface area (Å²) in [5.41, 5.74) is 2.27. The molecular weight excluding hydrogens is 306 g/mol. The van der Waals surface area contributed by atoms with Crippen molar-refractivity contribution >= 4 is 39.8 Å². The first-order chi connectivity index (χ1) is 10.2. The number of ether oxygens (including phenoxy) is 1. The zero-order valence-electron chi connectivity index (χ0n) is 11.3. The number of esters is 1. The summed E-state index contributed by atoms with van der Waals surface area (Å²) in [7, 11) is 0. The molecule has 0 atom stereocenters. The van der Waals surface area contributed by atoms with Crippen LogP contribution in [0.3, 0.4) is 0 Å². The maximum atomic E-state index is 11.7. The van der Waals surface area contributed by atoms with Crippen LogP contribution < -0.4 is 0 Å². The predicted octanol–water partition coefficient (Wildman–Crippen LogP) is 4.67. The number of benzene rings is 1. The van der Waals surface area contributed by atoms with Gasteiger partial charge in [0, 0.05) is 22.1 Å². The number of fused-ring (bicyclic) bond motifs is 1. The van der Waals surface area contributed by atoms with Gasteiger partial charge in [0.2, 0.25) is 0 Å². The van der Waals surface area contributed by atoms with Crippen LogP contribution in [-0.4, -0.2) is 17.6 Å². The molecule has 0 radical (unpaired) electrons. The fourth-order valence-electron chi connectivity index (χ4n) is 2.25. The van der Waals surface area contributed by atoms with Crippen LogP contribution in [0, 0.1) is 0 Å². The zero-order valence-corrected chi connectivity index (χ0v) is 12.8. The Morgan fingerprint density at radius 1 is 1.33 bits per heavy atom. The number of halogens is 1. The number of aryl methyl sites for hydroxylation is 1. The van der Waals surface area contributed by atoms with Gasteiger partial charge >= 0.3 is 5.97 Å². The van der Waals surface area contributed by atoms with Crippen molar-refractivity contribution in [3.63, 3.8) is 0 Å². The van der Waals surface area contributed by atoms with E-state index in [1.54, 1.807) is 6.07 Å². The fraction of sp³-hybridized carbons (Fsp3) is 0.188. The Kier molecular flexibility index (Phi) is 4.27. The first-order valence-electron chi connectivity index (χ1n) is 6.70. The number of hydrogen-bond donors (Lipinski definition) is 1. The summed E-state index contributed by atoms with van der Waals surface area (Å²) in [4.78, 5) is 15.6. The number of H-pyrrole nitrogens is 1. The molecule has 1 N–H and O–H groups in total. The van der Waals surface area contributed by atoms with Gasteiger partial charge in [-0.2, -0.15) is 0 Å². The SMILES string of the molecule is O=C(OCCCc1c[nH]c2ccc(Cl)cc12)c1cccs1. The van der Waals surface area contributed by atoms with Gasteiger partial charge in [0.1, 0.15) is 4.88 Å². The Bertz CT molecular complexity index is 749. The number of nitrogens with one attached hydrogen (secondary N) is 1. The Morgan fingerprint density at radius 3 is 3.05 bits per heavy atom. The second kappa shape index (κ2) is 6.33. The van der Waals surface area contributed by atoms with Crippen molar-refractivity contribution in [3.8, 4) is 0 Å². The summed E-state index contributed by atoms with van der Waals surface area (Å²) in [5.74, 6) is -0.244. The van der Waals surface area contributed by atoms with Crippen molar-refractivity contribution in [1.82, 2.24) is 4.98 Å². The predicted molar refractivity (Wildman–Crippen MR) is 86.2 cm³/mol. The van der Waals surface area contributed by atoms with E-state index in [1.165, 1.54) is 16.9 Å². The number of hydrogen-bond acceptors (Lipinski definition) is 3. The van der Waals surface area contributed by atoms with Crippen molar-refractivity contribution < 1.29 is 9.53 Å². The molecule has 0 saturated heterocycles. The van der Waals surface area contributed by atoms with E-state index >= 15 is 0 Å². The topological polar surface area (TPSA) is 42.1 Å². The minimum absolute atomic E-state index is 0.244. The highest BCUT2D eigenvalue weighted by molar-refractivity contribution is 7.11. The van der Waals surface area contributed by atoms with Gasteiger partial charge in [0.25, 0.3) is 0 Å². The molecule has 0 spiro atoms. The minimum atomic E-state index is -0.244. The molecule has 3 rings (SSSR count). The van der Waals surface area contributed by atoms with Gasteiger partial charge in [-0.15, -0.1) is 11.3 Å². The monoisotopic (exact) mass is 319 g/mol. The van der Waals surface area contributed by atoms with E-state index in [0.29, 0.717) is 11.5 Å². The molecule has 0 amide bonds. The first-order valence-corrected chi connectivity index (χ1v) is 7.96. The second-order valence-electron chi connectivity index (χ2n) is 4.72. The van der Waals surface area contributed by atoms with E-state index in [2.05, 4.69) is 4.98 Å². The normalized spacial score (nSPS) is 10.9. The number of carbonyl (C=O) groups is 1. The van der Waals surface area contributed by atoms with Crippen LogP contribution >= 0.6 is 22.9 Å². The van der Waals surface area contributed by atoms with Gasteiger partial charge in [-0.05, 0) is 48.1 Å². The van der Waals surface area contributed by atoms with Gasteiger partial charge in [0.05, 0.1) is 6.61 Å². The van der Waals surface area contributed by atoms with Gasteiger partial charge in [-0.3, -0.25) is 0 Å². The summed E-state index contributed by atoms with van der Waals surface area (Å²) in [6.07, 6.45) is 3.62. The van der Waals surface area contributed by atoms with Crippen LogP contribution in [0.1, 0.15) is 21.7 Å². The summed E-state index contributed by atoms with van der Waals surface area (Å²) in [5, 5.41) is 3.73. The van der Waals surface area contributed by atoms with Crippen molar-refractivity contribution in [2.45, 2.75) is 12.8 Å². The maximum Gasteiger partial charge on any atom is 0.348 e. The molecule has 0 fully saturated rings. The smallest absolute Gasteiger partial charge is 0.348 e. The number of aromatic amines is 1. The minimum Gasteiger partial charge on any atom is -0.461 e. The van der Waals surface area contributed by atoms with Gasteiger partial charge in [-0.1, -0.05) is 17.7 Å².